The zero-order valence-electron chi connectivity index (χ0n) is 14.0. The van der Waals surface area contributed by atoms with E-state index in [1.54, 1.807) is 0 Å². The number of anilines is 1. The lowest BCUT2D eigenvalue weighted by Gasteiger charge is -2.16. The quantitative estimate of drug-likeness (QED) is 0.437. The molecule has 0 aliphatic rings. The molecule has 1 rings (SSSR count). The van der Waals surface area contributed by atoms with Crippen molar-refractivity contribution in [2.24, 2.45) is 0 Å². The van der Waals surface area contributed by atoms with Crippen molar-refractivity contribution in [1.82, 2.24) is 5.32 Å². The number of thiophene rings is 1. The van der Waals surface area contributed by atoms with Gasteiger partial charge in [0.15, 0.2) is 5.11 Å². The fourth-order valence-electron chi connectivity index (χ4n) is 2.20. The molecule has 1 unspecified atom stereocenters. The predicted molar refractivity (Wildman–Crippen MR) is 98.1 cm³/mol. The first-order valence-corrected chi connectivity index (χ1v) is 8.88. The van der Waals surface area contributed by atoms with E-state index >= 15 is 0 Å². The van der Waals surface area contributed by atoms with Crippen molar-refractivity contribution in [2.45, 2.75) is 59.4 Å². The Labute approximate surface area is 142 Å². The molecule has 6 heteroatoms. The maximum Gasteiger partial charge on any atom is 0.341 e. The van der Waals surface area contributed by atoms with E-state index in [0.717, 1.165) is 21.9 Å². The highest BCUT2D eigenvalue weighted by Gasteiger charge is 2.21. The van der Waals surface area contributed by atoms with E-state index in [9.17, 15) is 4.79 Å². The highest BCUT2D eigenvalue weighted by atomic mass is 32.1. The third kappa shape index (κ3) is 5.25. The molecule has 0 radical (unpaired) electrons. The number of hydrogen-bond acceptors (Lipinski definition) is 4. The molecule has 1 aromatic heterocycles. The van der Waals surface area contributed by atoms with Crippen molar-refractivity contribution in [2.75, 3.05) is 12.4 Å². The number of hydrogen-bond donors (Lipinski definition) is 2. The molecule has 4 nitrogen and oxygen atoms in total. The van der Waals surface area contributed by atoms with Gasteiger partial charge in [-0.15, -0.1) is 11.3 Å². The molecule has 0 amide bonds. The van der Waals surface area contributed by atoms with Gasteiger partial charge in [-0.1, -0.05) is 26.2 Å². The van der Waals surface area contributed by atoms with E-state index in [-0.39, 0.29) is 5.97 Å². The van der Waals surface area contributed by atoms with Gasteiger partial charge in [0.05, 0.1) is 12.7 Å². The van der Waals surface area contributed by atoms with E-state index in [0.29, 0.717) is 16.7 Å². The minimum atomic E-state index is -0.330. The summed E-state index contributed by atoms with van der Waals surface area (Å²) in [6.45, 7) is 8.23. The molecule has 0 aliphatic heterocycles. The summed E-state index contributed by atoms with van der Waals surface area (Å²) >= 11 is 6.88. The van der Waals surface area contributed by atoms with Gasteiger partial charge in [0.2, 0.25) is 0 Å². The highest BCUT2D eigenvalue weighted by Crippen LogP contribution is 2.32. The van der Waals surface area contributed by atoms with Crippen LogP contribution in [-0.2, 0) is 4.74 Å². The molecule has 124 valence electrons. The van der Waals surface area contributed by atoms with Crippen LogP contribution in [0.25, 0.3) is 0 Å². The number of aryl methyl sites for hydroxylation is 1. The standard InChI is InChI=1S/C16H26N2O2S2/c1-6-7-8-9-10(2)17-16(21)18-14-13(15(19)20-5)11(3)12(4)22-14/h10H,6-9H2,1-5H3,(H2,17,18,21). The van der Waals surface area contributed by atoms with Crippen LogP contribution in [0, 0.1) is 13.8 Å². The Morgan fingerprint density at radius 1 is 1.36 bits per heavy atom. The Morgan fingerprint density at radius 2 is 2.05 bits per heavy atom. The number of ether oxygens (including phenoxy) is 1. The van der Waals surface area contributed by atoms with Crippen LogP contribution in [0.15, 0.2) is 0 Å². The molecule has 0 saturated heterocycles. The number of esters is 1. The molecule has 1 aromatic rings. The molecule has 0 saturated carbocycles. The number of rotatable bonds is 7. The van der Waals surface area contributed by atoms with Gasteiger partial charge >= 0.3 is 5.97 Å². The van der Waals surface area contributed by atoms with Crippen LogP contribution < -0.4 is 10.6 Å². The summed E-state index contributed by atoms with van der Waals surface area (Å²) in [6.07, 6.45) is 4.73. The second-order valence-corrected chi connectivity index (χ2v) is 7.11. The van der Waals surface area contributed by atoms with Gasteiger partial charge in [-0.2, -0.15) is 0 Å². The van der Waals surface area contributed by atoms with Gasteiger partial charge in [0, 0.05) is 10.9 Å². The number of unbranched alkanes of at least 4 members (excludes halogenated alkanes) is 2. The summed E-state index contributed by atoms with van der Waals surface area (Å²) in [5.74, 6) is -0.330. The van der Waals surface area contributed by atoms with E-state index in [1.165, 1.54) is 37.7 Å². The van der Waals surface area contributed by atoms with Crippen LogP contribution in [0.2, 0.25) is 0 Å². The molecule has 2 N–H and O–H groups in total. The SMILES string of the molecule is CCCCCC(C)NC(=S)Nc1sc(C)c(C)c1C(=O)OC. The molecule has 1 atom stereocenters. The summed E-state index contributed by atoms with van der Waals surface area (Å²) in [5.41, 5.74) is 1.52. The van der Waals surface area contributed by atoms with E-state index in [4.69, 9.17) is 17.0 Å². The molecule has 0 aliphatic carbocycles. The largest absolute Gasteiger partial charge is 0.465 e. The first kappa shape index (κ1) is 18.9. The second kappa shape index (κ2) is 9.10. The lowest BCUT2D eigenvalue weighted by atomic mass is 10.1. The van der Waals surface area contributed by atoms with E-state index in [2.05, 4.69) is 24.5 Å². The molecule has 1 heterocycles. The fraction of sp³-hybridized carbons (Fsp3) is 0.625. The molecule has 0 bridgehead atoms. The lowest BCUT2D eigenvalue weighted by molar-refractivity contribution is 0.0601. The average molecular weight is 343 g/mol. The van der Waals surface area contributed by atoms with Gasteiger partial charge in [-0.25, -0.2) is 4.79 Å². The van der Waals surface area contributed by atoms with E-state index in [1.807, 2.05) is 13.8 Å². The Bertz CT molecular complexity index is 526. The molecule has 0 aromatic carbocycles. The Balaban J connectivity index is 2.68. The van der Waals surface area contributed by atoms with Crippen LogP contribution >= 0.6 is 23.6 Å². The summed E-state index contributed by atoms with van der Waals surface area (Å²) < 4.78 is 4.86. The molecule has 0 spiro atoms. The summed E-state index contributed by atoms with van der Waals surface area (Å²) in [5, 5.41) is 7.72. The normalized spacial score (nSPS) is 11.9. The average Bonchev–Trinajstić information content (AvgIpc) is 2.73. The number of carbonyl (C=O) groups is 1. The lowest BCUT2D eigenvalue weighted by Crippen LogP contribution is -2.36. The van der Waals surface area contributed by atoms with Crippen LogP contribution in [0.5, 0.6) is 0 Å². The summed E-state index contributed by atoms with van der Waals surface area (Å²) in [6, 6.07) is 0.315. The topological polar surface area (TPSA) is 50.4 Å². The van der Waals surface area contributed by atoms with Crippen molar-refractivity contribution in [3.63, 3.8) is 0 Å². The first-order chi connectivity index (χ1) is 10.4. The maximum absolute atomic E-state index is 11.9. The molecular weight excluding hydrogens is 316 g/mol. The van der Waals surface area contributed by atoms with Gasteiger partial charge in [0.25, 0.3) is 0 Å². The monoisotopic (exact) mass is 342 g/mol. The van der Waals surface area contributed by atoms with Crippen molar-refractivity contribution < 1.29 is 9.53 Å². The molecule has 22 heavy (non-hydrogen) atoms. The van der Waals surface area contributed by atoms with Crippen molar-refractivity contribution in [3.8, 4) is 0 Å². The van der Waals surface area contributed by atoms with Crippen LogP contribution in [0.1, 0.15) is 60.3 Å². The minimum absolute atomic E-state index is 0.315. The van der Waals surface area contributed by atoms with Gasteiger partial charge in [-0.3, -0.25) is 0 Å². The highest BCUT2D eigenvalue weighted by molar-refractivity contribution is 7.80. The van der Waals surface area contributed by atoms with Crippen LogP contribution in [0.4, 0.5) is 5.00 Å². The third-order valence-electron chi connectivity index (χ3n) is 3.62. The number of carbonyl (C=O) groups excluding carboxylic acids is 1. The smallest absolute Gasteiger partial charge is 0.341 e. The maximum atomic E-state index is 11.9. The molecular formula is C16H26N2O2S2. The Kier molecular flexibility index (Phi) is 7.82. The van der Waals surface area contributed by atoms with Crippen LogP contribution in [0.3, 0.4) is 0 Å². The number of methoxy groups -OCH3 is 1. The van der Waals surface area contributed by atoms with Crippen molar-refractivity contribution in [1.29, 1.82) is 0 Å². The number of nitrogens with one attached hydrogen (secondary N) is 2. The van der Waals surface area contributed by atoms with Crippen molar-refractivity contribution in [3.05, 3.63) is 16.0 Å². The fourth-order valence-corrected chi connectivity index (χ4v) is 3.62. The predicted octanol–water partition coefficient (Wildman–Crippen LogP) is 4.41. The summed E-state index contributed by atoms with van der Waals surface area (Å²) in [4.78, 5) is 13.0. The van der Waals surface area contributed by atoms with Gasteiger partial charge in [0.1, 0.15) is 5.00 Å². The minimum Gasteiger partial charge on any atom is -0.465 e. The van der Waals surface area contributed by atoms with Gasteiger partial charge in [-0.05, 0) is 45.0 Å². The van der Waals surface area contributed by atoms with Crippen molar-refractivity contribution >= 4 is 39.6 Å². The zero-order valence-corrected chi connectivity index (χ0v) is 15.7. The van der Waals surface area contributed by atoms with Gasteiger partial charge < -0.3 is 15.4 Å². The van der Waals surface area contributed by atoms with E-state index < -0.39 is 0 Å². The first-order valence-electron chi connectivity index (χ1n) is 7.66. The summed E-state index contributed by atoms with van der Waals surface area (Å²) in [7, 11) is 1.39. The zero-order chi connectivity index (χ0) is 16.7. The molecule has 0 fully saturated rings. The second-order valence-electron chi connectivity index (χ2n) is 5.47. The number of thiocarbonyl (C=S) groups is 1. The Morgan fingerprint density at radius 3 is 2.64 bits per heavy atom. The Hall–Kier alpha value is -1.14. The van der Waals surface area contributed by atoms with Crippen LogP contribution in [-0.4, -0.2) is 24.2 Å². The third-order valence-corrected chi connectivity index (χ3v) is 4.96.